The summed E-state index contributed by atoms with van der Waals surface area (Å²) in [7, 11) is 0. The highest BCUT2D eigenvalue weighted by Crippen LogP contribution is 2.33. The predicted octanol–water partition coefficient (Wildman–Crippen LogP) is 1.89. The van der Waals surface area contributed by atoms with Crippen LogP contribution in [0.4, 0.5) is 0 Å². The Hall–Kier alpha value is -0.830. The van der Waals surface area contributed by atoms with Crippen LogP contribution in [-0.2, 0) is 12.1 Å². The SMILES string of the molecule is CCn1cc(C2(CC)CCCN2)cn1. The van der Waals surface area contributed by atoms with Gasteiger partial charge in [0.25, 0.3) is 0 Å². The minimum absolute atomic E-state index is 0.216. The summed E-state index contributed by atoms with van der Waals surface area (Å²) in [6.45, 7) is 6.48. The Bertz CT molecular complexity index is 297. The average Bonchev–Trinajstić information content (AvgIpc) is 2.87. The van der Waals surface area contributed by atoms with E-state index >= 15 is 0 Å². The second-order valence-corrected chi connectivity index (χ2v) is 4.05. The molecule has 1 N–H and O–H groups in total. The third kappa shape index (κ3) is 1.46. The van der Waals surface area contributed by atoms with Crippen molar-refractivity contribution in [3.05, 3.63) is 18.0 Å². The largest absolute Gasteiger partial charge is 0.307 e. The Morgan fingerprint density at radius 3 is 2.93 bits per heavy atom. The van der Waals surface area contributed by atoms with E-state index in [0.717, 1.165) is 19.5 Å². The molecule has 0 spiro atoms. The van der Waals surface area contributed by atoms with Crippen LogP contribution in [0.25, 0.3) is 0 Å². The second-order valence-electron chi connectivity index (χ2n) is 4.05. The number of hydrogen-bond acceptors (Lipinski definition) is 2. The summed E-state index contributed by atoms with van der Waals surface area (Å²) in [5.41, 5.74) is 1.58. The lowest BCUT2D eigenvalue weighted by Gasteiger charge is -2.26. The second kappa shape index (κ2) is 3.73. The lowest BCUT2D eigenvalue weighted by molar-refractivity contribution is 0.375. The summed E-state index contributed by atoms with van der Waals surface area (Å²) < 4.78 is 2.01. The van der Waals surface area contributed by atoms with E-state index < -0.39 is 0 Å². The molecule has 78 valence electrons. The number of rotatable bonds is 3. The first-order valence-electron chi connectivity index (χ1n) is 5.58. The van der Waals surface area contributed by atoms with E-state index in [1.807, 2.05) is 10.9 Å². The molecule has 1 aromatic rings. The maximum absolute atomic E-state index is 4.35. The quantitative estimate of drug-likeness (QED) is 0.794. The molecule has 0 bridgehead atoms. The van der Waals surface area contributed by atoms with Crippen LogP contribution >= 0.6 is 0 Å². The Morgan fingerprint density at radius 2 is 2.43 bits per heavy atom. The molecule has 0 aliphatic carbocycles. The van der Waals surface area contributed by atoms with E-state index in [4.69, 9.17) is 0 Å². The van der Waals surface area contributed by atoms with Gasteiger partial charge in [0.2, 0.25) is 0 Å². The summed E-state index contributed by atoms with van der Waals surface area (Å²) in [6.07, 6.45) is 7.89. The Labute approximate surface area is 85.5 Å². The van der Waals surface area contributed by atoms with Gasteiger partial charge in [-0.25, -0.2) is 0 Å². The van der Waals surface area contributed by atoms with Gasteiger partial charge in [0.15, 0.2) is 0 Å². The fraction of sp³-hybridized carbons (Fsp3) is 0.727. The van der Waals surface area contributed by atoms with E-state index in [0.29, 0.717) is 0 Å². The van der Waals surface area contributed by atoms with Crippen molar-refractivity contribution in [3.63, 3.8) is 0 Å². The van der Waals surface area contributed by atoms with Crippen LogP contribution < -0.4 is 5.32 Å². The number of nitrogens with one attached hydrogen (secondary N) is 1. The van der Waals surface area contributed by atoms with E-state index in [2.05, 4.69) is 30.5 Å². The average molecular weight is 193 g/mol. The molecule has 1 aromatic heterocycles. The normalized spacial score (nSPS) is 27.0. The van der Waals surface area contributed by atoms with Crippen LogP contribution in [0.3, 0.4) is 0 Å². The first kappa shape index (κ1) is 9.71. The van der Waals surface area contributed by atoms with E-state index in [9.17, 15) is 0 Å². The highest BCUT2D eigenvalue weighted by atomic mass is 15.3. The van der Waals surface area contributed by atoms with Crippen LogP contribution in [0.1, 0.15) is 38.7 Å². The maximum atomic E-state index is 4.35. The van der Waals surface area contributed by atoms with Crippen LogP contribution in [-0.4, -0.2) is 16.3 Å². The molecule has 1 aliphatic heterocycles. The van der Waals surface area contributed by atoms with Crippen LogP contribution in [0.5, 0.6) is 0 Å². The van der Waals surface area contributed by atoms with Gasteiger partial charge >= 0.3 is 0 Å². The lowest BCUT2D eigenvalue weighted by atomic mass is 9.88. The molecule has 3 heteroatoms. The Balaban J connectivity index is 2.26. The third-order valence-electron chi connectivity index (χ3n) is 3.36. The zero-order valence-electron chi connectivity index (χ0n) is 9.08. The molecule has 1 fully saturated rings. The van der Waals surface area contributed by atoms with Crippen molar-refractivity contribution in [1.82, 2.24) is 15.1 Å². The summed E-state index contributed by atoms with van der Waals surface area (Å²) in [5, 5.41) is 7.97. The summed E-state index contributed by atoms with van der Waals surface area (Å²) >= 11 is 0. The van der Waals surface area contributed by atoms with Crippen LogP contribution in [0.2, 0.25) is 0 Å². The van der Waals surface area contributed by atoms with Gasteiger partial charge in [-0.05, 0) is 32.7 Å². The van der Waals surface area contributed by atoms with Gasteiger partial charge < -0.3 is 5.32 Å². The van der Waals surface area contributed by atoms with Crippen LogP contribution in [0, 0.1) is 0 Å². The molecule has 1 aliphatic rings. The van der Waals surface area contributed by atoms with Gasteiger partial charge in [-0.2, -0.15) is 5.10 Å². The molecule has 0 saturated carbocycles. The van der Waals surface area contributed by atoms with E-state index in [-0.39, 0.29) is 5.54 Å². The molecule has 2 heterocycles. The smallest absolute Gasteiger partial charge is 0.0540 e. The van der Waals surface area contributed by atoms with Gasteiger partial charge in [0, 0.05) is 23.8 Å². The molecular weight excluding hydrogens is 174 g/mol. The fourth-order valence-corrected chi connectivity index (χ4v) is 2.34. The van der Waals surface area contributed by atoms with Crippen molar-refractivity contribution in [2.75, 3.05) is 6.54 Å². The fourth-order valence-electron chi connectivity index (χ4n) is 2.34. The highest BCUT2D eigenvalue weighted by molar-refractivity contribution is 5.19. The lowest BCUT2D eigenvalue weighted by Crippen LogP contribution is -2.35. The summed E-state index contributed by atoms with van der Waals surface area (Å²) in [4.78, 5) is 0. The predicted molar refractivity (Wildman–Crippen MR) is 57.1 cm³/mol. The number of aromatic nitrogens is 2. The molecule has 0 radical (unpaired) electrons. The zero-order chi connectivity index (χ0) is 10.0. The van der Waals surface area contributed by atoms with Crippen molar-refractivity contribution in [3.8, 4) is 0 Å². The zero-order valence-corrected chi connectivity index (χ0v) is 9.08. The maximum Gasteiger partial charge on any atom is 0.0540 e. The minimum Gasteiger partial charge on any atom is -0.307 e. The van der Waals surface area contributed by atoms with Crippen molar-refractivity contribution in [2.45, 2.75) is 45.2 Å². The number of hydrogen-bond donors (Lipinski definition) is 1. The Morgan fingerprint density at radius 1 is 1.57 bits per heavy atom. The molecule has 1 atom stereocenters. The summed E-state index contributed by atoms with van der Waals surface area (Å²) in [6, 6.07) is 0. The number of aryl methyl sites for hydroxylation is 1. The molecule has 1 unspecified atom stereocenters. The summed E-state index contributed by atoms with van der Waals surface area (Å²) in [5.74, 6) is 0. The molecule has 2 rings (SSSR count). The van der Waals surface area contributed by atoms with E-state index in [1.165, 1.54) is 18.4 Å². The number of nitrogens with zero attached hydrogens (tertiary/aromatic N) is 2. The molecular formula is C11H19N3. The van der Waals surface area contributed by atoms with Gasteiger partial charge in [-0.1, -0.05) is 6.92 Å². The standard InChI is InChI=1S/C11H19N3/c1-3-11(6-5-7-12-11)10-8-13-14(4-2)9-10/h8-9,12H,3-7H2,1-2H3. The first-order chi connectivity index (χ1) is 6.80. The van der Waals surface area contributed by atoms with Gasteiger partial charge in [-0.15, -0.1) is 0 Å². The van der Waals surface area contributed by atoms with E-state index in [1.54, 1.807) is 0 Å². The first-order valence-corrected chi connectivity index (χ1v) is 5.58. The van der Waals surface area contributed by atoms with Gasteiger partial charge in [0.1, 0.15) is 0 Å². The molecule has 1 saturated heterocycles. The van der Waals surface area contributed by atoms with Crippen molar-refractivity contribution in [2.24, 2.45) is 0 Å². The van der Waals surface area contributed by atoms with Gasteiger partial charge in [-0.3, -0.25) is 4.68 Å². The molecule has 0 amide bonds. The molecule has 3 nitrogen and oxygen atoms in total. The topological polar surface area (TPSA) is 29.9 Å². The van der Waals surface area contributed by atoms with Crippen molar-refractivity contribution >= 4 is 0 Å². The minimum atomic E-state index is 0.216. The van der Waals surface area contributed by atoms with Gasteiger partial charge in [0.05, 0.1) is 6.20 Å². The van der Waals surface area contributed by atoms with Crippen molar-refractivity contribution in [1.29, 1.82) is 0 Å². The van der Waals surface area contributed by atoms with Crippen LogP contribution in [0.15, 0.2) is 12.4 Å². The van der Waals surface area contributed by atoms with Crippen molar-refractivity contribution < 1.29 is 0 Å². The third-order valence-corrected chi connectivity index (χ3v) is 3.36. The molecule has 0 aromatic carbocycles. The monoisotopic (exact) mass is 193 g/mol. The molecule has 14 heavy (non-hydrogen) atoms. The Kier molecular flexibility index (Phi) is 2.59. The highest BCUT2D eigenvalue weighted by Gasteiger charge is 2.34.